The van der Waals surface area contributed by atoms with Gasteiger partial charge in [0, 0.05) is 7.05 Å². The molecule has 0 radical (unpaired) electrons. The molecule has 0 aliphatic carbocycles. The Morgan fingerprint density at radius 3 is 2.50 bits per heavy atom. The number of rotatable bonds is 4. The number of hydrogen-bond acceptors (Lipinski definition) is 6. The van der Waals surface area contributed by atoms with Crippen molar-refractivity contribution in [3.05, 3.63) is 35.9 Å². The molecule has 1 aromatic rings. The number of benzene rings is 1. The third-order valence-electron chi connectivity index (χ3n) is 3.83. The molecule has 1 aliphatic rings. The standard InChI is InChI=1S/C16H20N2O4/c1-18-12(9-11-7-5-4-6-8-11)10-13(15(19)21-2)14(17-18)16(20)22-3/h4-8,12-13H,9-10H2,1-3H3. The number of nitrogens with zero attached hydrogens (tertiary/aromatic N) is 2. The minimum absolute atomic E-state index is 0.0138. The van der Waals surface area contributed by atoms with Crippen LogP contribution in [0.3, 0.4) is 0 Å². The summed E-state index contributed by atoms with van der Waals surface area (Å²) < 4.78 is 9.51. The number of hydrazone groups is 1. The quantitative estimate of drug-likeness (QED) is 0.783. The van der Waals surface area contributed by atoms with Crippen LogP contribution in [-0.2, 0) is 25.5 Å². The molecule has 0 aromatic heterocycles. The topological polar surface area (TPSA) is 68.2 Å². The van der Waals surface area contributed by atoms with E-state index in [9.17, 15) is 9.59 Å². The Hall–Kier alpha value is -2.37. The lowest BCUT2D eigenvalue weighted by Crippen LogP contribution is -2.45. The molecule has 2 atom stereocenters. The van der Waals surface area contributed by atoms with Gasteiger partial charge in [0.1, 0.15) is 5.92 Å². The second-order valence-corrected chi connectivity index (χ2v) is 5.21. The molecular weight excluding hydrogens is 284 g/mol. The highest BCUT2D eigenvalue weighted by molar-refractivity contribution is 6.40. The molecular formula is C16H20N2O4. The summed E-state index contributed by atoms with van der Waals surface area (Å²) in [5.74, 6) is -1.75. The first-order valence-electron chi connectivity index (χ1n) is 7.08. The van der Waals surface area contributed by atoms with Crippen LogP contribution in [0.15, 0.2) is 35.4 Å². The van der Waals surface area contributed by atoms with Gasteiger partial charge in [0.25, 0.3) is 0 Å². The van der Waals surface area contributed by atoms with E-state index < -0.39 is 17.9 Å². The molecule has 118 valence electrons. The zero-order valence-electron chi connectivity index (χ0n) is 13.0. The van der Waals surface area contributed by atoms with Crippen LogP contribution in [0.2, 0.25) is 0 Å². The molecule has 0 saturated carbocycles. The monoisotopic (exact) mass is 304 g/mol. The average molecular weight is 304 g/mol. The number of carbonyl (C=O) groups is 2. The van der Waals surface area contributed by atoms with Gasteiger partial charge in [-0.15, -0.1) is 0 Å². The Morgan fingerprint density at radius 2 is 1.91 bits per heavy atom. The highest BCUT2D eigenvalue weighted by Gasteiger charge is 2.38. The Balaban J connectivity index is 2.23. The minimum Gasteiger partial charge on any atom is -0.468 e. The second kappa shape index (κ2) is 7.06. The van der Waals surface area contributed by atoms with Gasteiger partial charge in [0.2, 0.25) is 0 Å². The second-order valence-electron chi connectivity index (χ2n) is 5.21. The zero-order valence-corrected chi connectivity index (χ0v) is 13.0. The van der Waals surface area contributed by atoms with Crippen LogP contribution in [0.5, 0.6) is 0 Å². The van der Waals surface area contributed by atoms with Crippen molar-refractivity contribution in [2.75, 3.05) is 21.3 Å². The van der Waals surface area contributed by atoms with Crippen molar-refractivity contribution in [1.29, 1.82) is 0 Å². The van der Waals surface area contributed by atoms with Crippen LogP contribution in [0.4, 0.5) is 0 Å². The summed E-state index contributed by atoms with van der Waals surface area (Å²) in [5.41, 5.74) is 1.25. The molecule has 0 saturated heterocycles. The maximum atomic E-state index is 12.0. The van der Waals surface area contributed by atoms with Crippen LogP contribution in [0.25, 0.3) is 0 Å². The van der Waals surface area contributed by atoms with E-state index in [1.165, 1.54) is 14.2 Å². The van der Waals surface area contributed by atoms with E-state index in [0.717, 1.165) is 12.0 Å². The third-order valence-corrected chi connectivity index (χ3v) is 3.83. The molecule has 2 unspecified atom stereocenters. The van der Waals surface area contributed by atoms with Crippen molar-refractivity contribution in [3.8, 4) is 0 Å². The van der Waals surface area contributed by atoms with E-state index in [4.69, 9.17) is 9.47 Å². The van der Waals surface area contributed by atoms with E-state index in [0.29, 0.717) is 6.42 Å². The van der Waals surface area contributed by atoms with Gasteiger partial charge in [-0.2, -0.15) is 5.10 Å². The Morgan fingerprint density at radius 1 is 1.23 bits per heavy atom. The normalized spacial score (nSPS) is 21.0. The molecule has 6 heteroatoms. The third kappa shape index (κ3) is 3.44. The highest BCUT2D eigenvalue weighted by Crippen LogP contribution is 2.24. The predicted octanol–water partition coefficient (Wildman–Crippen LogP) is 1.25. The summed E-state index contributed by atoms with van der Waals surface area (Å²) in [6, 6.07) is 9.97. The molecule has 0 amide bonds. The Labute approximate surface area is 129 Å². The molecule has 0 fully saturated rings. The summed E-state index contributed by atoms with van der Waals surface area (Å²) in [7, 11) is 4.38. The molecule has 1 heterocycles. The molecule has 6 nitrogen and oxygen atoms in total. The molecule has 1 aromatic carbocycles. The van der Waals surface area contributed by atoms with E-state index in [2.05, 4.69) is 5.10 Å². The van der Waals surface area contributed by atoms with Gasteiger partial charge in [-0.3, -0.25) is 9.80 Å². The maximum absolute atomic E-state index is 12.0. The van der Waals surface area contributed by atoms with E-state index in [1.807, 2.05) is 30.3 Å². The van der Waals surface area contributed by atoms with Gasteiger partial charge in [0.05, 0.1) is 20.3 Å². The molecule has 2 rings (SSSR count). The molecule has 0 spiro atoms. The molecule has 1 aliphatic heterocycles. The van der Waals surface area contributed by atoms with Crippen molar-refractivity contribution in [3.63, 3.8) is 0 Å². The van der Waals surface area contributed by atoms with Gasteiger partial charge in [-0.05, 0) is 18.4 Å². The van der Waals surface area contributed by atoms with Crippen molar-refractivity contribution in [2.24, 2.45) is 11.0 Å². The van der Waals surface area contributed by atoms with Gasteiger partial charge in [0.15, 0.2) is 5.71 Å². The van der Waals surface area contributed by atoms with E-state index in [1.54, 1.807) is 12.1 Å². The van der Waals surface area contributed by atoms with Crippen LogP contribution in [0, 0.1) is 5.92 Å². The zero-order chi connectivity index (χ0) is 16.1. The smallest absolute Gasteiger partial charge is 0.355 e. The summed E-state index contributed by atoms with van der Waals surface area (Å²) in [4.78, 5) is 23.8. The van der Waals surface area contributed by atoms with Gasteiger partial charge in [-0.25, -0.2) is 4.79 Å². The summed E-state index contributed by atoms with van der Waals surface area (Å²) in [6.45, 7) is 0. The summed E-state index contributed by atoms with van der Waals surface area (Å²) in [5, 5.41) is 5.98. The Bertz CT molecular complexity index is 571. The van der Waals surface area contributed by atoms with Gasteiger partial charge in [-0.1, -0.05) is 30.3 Å². The Kier molecular flexibility index (Phi) is 5.14. The number of likely N-dealkylation sites (N-methyl/N-ethyl adjacent to an activating group) is 1. The van der Waals surface area contributed by atoms with Crippen LogP contribution in [0.1, 0.15) is 12.0 Å². The lowest BCUT2D eigenvalue weighted by Gasteiger charge is -2.33. The SMILES string of the molecule is COC(=O)C1=NN(C)C(Cc2ccccc2)CC1C(=O)OC. The lowest BCUT2D eigenvalue weighted by molar-refractivity contribution is -0.145. The first kappa shape index (κ1) is 16.0. The molecule has 0 bridgehead atoms. The van der Waals surface area contributed by atoms with Crippen molar-refractivity contribution in [2.45, 2.75) is 18.9 Å². The van der Waals surface area contributed by atoms with Crippen molar-refractivity contribution < 1.29 is 19.1 Å². The molecule has 22 heavy (non-hydrogen) atoms. The van der Waals surface area contributed by atoms with Crippen molar-refractivity contribution >= 4 is 17.7 Å². The van der Waals surface area contributed by atoms with E-state index >= 15 is 0 Å². The van der Waals surface area contributed by atoms with Gasteiger partial charge < -0.3 is 9.47 Å². The van der Waals surface area contributed by atoms with Gasteiger partial charge >= 0.3 is 11.9 Å². The number of esters is 2. The average Bonchev–Trinajstić information content (AvgIpc) is 2.55. The van der Waals surface area contributed by atoms with Crippen LogP contribution >= 0.6 is 0 Å². The fourth-order valence-corrected chi connectivity index (χ4v) is 2.60. The number of hydrogen-bond donors (Lipinski definition) is 0. The van der Waals surface area contributed by atoms with Crippen LogP contribution < -0.4 is 0 Å². The maximum Gasteiger partial charge on any atom is 0.355 e. The number of methoxy groups -OCH3 is 2. The summed E-state index contributed by atoms with van der Waals surface area (Å²) in [6.07, 6.45) is 1.20. The summed E-state index contributed by atoms with van der Waals surface area (Å²) >= 11 is 0. The number of ether oxygens (including phenoxy) is 2. The first-order chi connectivity index (χ1) is 10.6. The largest absolute Gasteiger partial charge is 0.468 e. The lowest BCUT2D eigenvalue weighted by atomic mass is 9.89. The van der Waals surface area contributed by atoms with Crippen molar-refractivity contribution in [1.82, 2.24) is 5.01 Å². The predicted molar refractivity (Wildman–Crippen MR) is 81.3 cm³/mol. The fourth-order valence-electron chi connectivity index (χ4n) is 2.60. The molecule has 0 N–H and O–H groups in total. The number of carbonyl (C=O) groups excluding carboxylic acids is 2. The first-order valence-corrected chi connectivity index (χ1v) is 7.08. The van der Waals surface area contributed by atoms with Crippen LogP contribution in [-0.4, -0.2) is 50.0 Å². The van der Waals surface area contributed by atoms with E-state index in [-0.39, 0.29) is 11.8 Å². The highest BCUT2D eigenvalue weighted by atomic mass is 16.5. The minimum atomic E-state index is -0.692. The fraction of sp³-hybridized carbons (Fsp3) is 0.438.